The van der Waals surface area contributed by atoms with E-state index in [0.29, 0.717) is 12.2 Å². The van der Waals surface area contributed by atoms with Crippen molar-refractivity contribution in [2.75, 3.05) is 7.11 Å². The minimum Gasteiger partial charge on any atom is -0.497 e. The van der Waals surface area contributed by atoms with Crippen molar-refractivity contribution in [2.45, 2.75) is 23.0 Å². The second-order valence-corrected chi connectivity index (χ2v) is 8.45. The zero-order chi connectivity index (χ0) is 22.9. The van der Waals surface area contributed by atoms with Gasteiger partial charge in [-0.25, -0.2) is 4.79 Å². The Kier molecular flexibility index (Phi) is 7.67. The Balaban J connectivity index is 1.31. The van der Waals surface area contributed by atoms with Crippen molar-refractivity contribution in [1.29, 1.82) is 0 Å². The summed E-state index contributed by atoms with van der Waals surface area (Å²) in [5.74, 6) is 1.24. The summed E-state index contributed by atoms with van der Waals surface area (Å²) < 4.78 is 16.5. The molecule has 0 aromatic heterocycles. The number of methoxy groups -OCH3 is 1. The summed E-state index contributed by atoms with van der Waals surface area (Å²) >= 11 is 1.61. The van der Waals surface area contributed by atoms with Crippen molar-refractivity contribution in [3.63, 3.8) is 0 Å². The normalized spacial score (nSPS) is 10.5. The molecule has 0 bridgehead atoms. The van der Waals surface area contributed by atoms with Gasteiger partial charge in [0, 0.05) is 9.79 Å². The van der Waals surface area contributed by atoms with Gasteiger partial charge in [-0.2, -0.15) is 0 Å². The average molecular weight is 457 g/mol. The van der Waals surface area contributed by atoms with E-state index < -0.39 is 0 Å². The van der Waals surface area contributed by atoms with Crippen LogP contribution in [0.4, 0.5) is 0 Å². The maximum Gasteiger partial charge on any atom is 0.338 e. The summed E-state index contributed by atoms with van der Waals surface area (Å²) in [4.78, 5) is 14.5. The van der Waals surface area contributed by atoms with Gasteiger partial charge in [-0.15, -0.1) is 0 Å². The lowest BCUT2D eigenvalue weighted by Gasteiger charge is -2.09. The standard InChI is InChI=1S/C28H24O4S/c1-30-24-14-10-22(11-15-24)20-32-28(29)23-12-16-26(17-13-23)33-27-9-5-8-25(18-27)31-19-21-6-3-2-4-7-21/h2-18H,19-20H2,1H3. The lowest BCUT2D eigenvalue weighted by molar-refractivity contribution is 0.0472. The van der Waals surface area contributed by atoms with Gasteiger partial charge in [-0.1, -0.05) is 60.3 Å². The highest BCUT2D eigenvalue weighted by Gasteiger charge is 2.08. The number of esters is 1. The highest BCUT2D eigenvalue weighted by atomic mass is 32.2. The van der Waals surface area contributed by atoms with E-state index in [9.17, 15) is 4.79 Å². The molecule has 0 amide bonds. The smallest absolute Gasteiger partial charge is 0.338 e. The molecule has 0 aliphatic carbocycles. The van der Waals surface area contributed by atoms with Crippen LogP contribution in [0.5, 0.6) is 11.5 Å². The molecule has 0 saturated heterocycles. The summed E-state index contributed by atoms with van der Waals surface area (Å²) in [5, 5.41) is 0. The molecule has 5 heteroatoms. The van der Waals surface area contributed by atoms with Crippen LogP contribution in [-0.4, -0.2) is 13.1 Å². The van der Waals surface area contributed by atoms with Crippen molar-refractivity contribution in [3.8, 4) is 11.5 Å². The van der Waals surface area contributed by atoms with E-state index in [1.54, 1.807) is 31.0 Å². The molecule has 4 aromatic carbocycles. The van der Waals surface area contributed by atoms with E-state index >= 15 is 0 Å². The average Bonchev–Trinajstić information content (AvgIpc) is 2.87. The summed E-state index contributed by atoms with van der Waals surface area (Å²) in [7, 11) is 1.62. The largest absolute Gasteiger partial charge is 0.497 e. The predicted octanol–water partition coefficient (Wildman–Crippen LogP) is 6.78. The van der Waals surface area contributed by atoms with E-state index in [1.807, 2.05) is 91.0 Å². The number of rotatable bonds is 9. The molecule has 4 nitrogen and oxygen atoms in total. The first-order valence-electron chi connectivity index (χ1n) is 10.5. The SMILES string of the molecule is COc1ccc(COC(=O)c2ccc(Sc3cccc(OCc4ccccc4)c3)cc2)cc1. The Morgan fingerprint density at radius 3 is 2.15 bits per heavy atom. The maximum absolute atomic E-state index is 12.4. The number of carbonyl (C=O) groups excluding carboxylic acids is 1. The molecule has 33 heavy (non-hydrogen) atoms. The van der Waals surface area contributed by atoms with Gasteiger partial charge in [0.05, 0.1) is 12.7 Å². The summed E-state index contributed by atoms with van der Waals surface area (Å²) in [6.07, 6.45) is 0. The molecular formula is C28H24O4S. The number of carbonyl (C=O) groups is 1. The highest BCUT2D eigenvalue weighted by molar-refractivity contribution is 7.99. The van der Waals surface area contributed by atoms with Crippen LogP contribution in [-0.2, 0) is 18.0 Å². The Bertz CT molecular complexity index is 1170. The van der Waals surface area contributed by atoms with Crippen LogP contribution in [0.3, 0.4) is 0 Å². The first-order valence-corrected chi connectivity index (χ1v) is 11.4. The van der Waals surface area contributed by atoms with Gasteiger partial charge in [0.2, 0.25) is 0 Å². The van der Waals surface area contributed by atoms with Gasteiger partial charge in [0.1, 0.15) is 24.7 Å². The summed E-state index contributed by atoms with van der Waals surface area (Å²) in [5.41, 5.74) is 2.56. The van der Waals surface area contributed by atoms with Gasteiger partial charge in [0.25, 0.3) is 0 Å². The van der Waals surface area contributed by atoms with Gasteiger partial charge < -0.3 is 14.2 Å². The van der Waals surface area contributed by atoms with Crippen LogP contribution in [0.25, 0.3) is 0 Å². The second-order valence-electron chi connectivity index (χ2n) is 7.30. The Morgan fingerprint density at radius 2 is 1.42 bits per heavy atom. The molecule has 0 saturated carbocycles. The van der Waals surface area contributed by atoms with Gasteiger partial charge in [-0.3, -0.25) is 0 Å². The van der Waals surface area contributed by atoms with Crippen LogP contribution in [0.2, 0.25) is 0 Å². The second kappa shape index (κ2) is 11.2. The minimum atomic E-state index is -0.348. The van der Waals surface area contributed by atoms with E-state index in [4.69, 9.17) is 14.2 Å². The van der Waals surface area contributed by atoms with Crippen LogP contribution in [0, 0.1) is 0 Å². The molecule has 0 fully saturated rings. The zero-order valence-electron chi connectivity index (χ0n) is 18.3. The number of hydrogen-bond donors (Lipinski definition) is 0. The molecule has 0 aliphatic heterocycles. The molecule has 4 aromatic rings. The fraction of sp³-hybridized carbons (Fsp3) is 0.107. The lowest BCUT2D eigenvalue weighted by Crippen LogP contribution is -2.05. The fourth-order valence-electron chi connectivity index (χ4n) is 3.12. The molecule has 0 spiro atoms. The molecule has 4 rings (SSSR count). The van der Waals surface area contributed by atoms with Gasteiger partial charge in [0.15, 0.2) is 0 Å². The molecule has 166 valence electrons. The van der Waals surface area contributed by atoms with Crippen molar-refractivity contribution < 1.29 is 19.0 Å². The monoisotopic (exact) mass is 456 g/mol. The predicted molar refractivity (Wildman–Crippen MR) is 130 cm³/mol. The lowest BCUT2D eigenvalue weighted by atomic mass is 10.2. The minimum absolute atomic E-state index is 0.217. The summed E-state index contributed by atoms with van der Waals surface area (Å²) in [6, 6.07) is 32.9. The molecule has 0 heterocycles. The third kappa shape index (κ3) is 6.64. The Morgan fingerprint density at radius 1 is 0.697 bits per heavy atom. The van der Waals surface area contributed by atoms with Crippen molar-refractivity contribution in [3.05, 3.63) is 120 Å². The van der Waals surface area contributed by atoms with E-state index in [1.165, 1.54) is 0 Å². The van der Waals surface area contributed by atoms with Crippen LogP contribution >= 0.6 is 11.8 Å². The van der Waals surface area contributed by atoms with Crippen molar-refractivity contribution in [2.24, 2.45) is 0 Å². The van der Waals surface area contributed by atoms with E-state index in [-0.39, 0.29) is 12.6 Å². The molecule has 0 aliphatic rings. The number of ether oxygens (including phenoxy) is 3. The third-order valence-electron chi connectivity index (χ3n) is 4.91. The Hall–Kier alpha value is -3.70. The molecule has 0 N–H and O–H groups in total. The summed E-state index contributed by atoms with van der Waals surface area (Å²) in [6.45, 7) is 0.747. The number of hydrogen-bond acceptors (Lipinski definition) is 5. The quantitative estimate of drug-likeness (QED) is 0.260. The van der Waals surface area contributed by atoms with Crippen molar-refractivity contribution >= 4 is 17.7 Å². The van der Waals surface area contributed by atoms with Crippen LogP contribution in [0.15, 0.2) is 113 Å². The first-order chi connectivity index (χ1) is 16.2. The van der Waals surface area contributed by atoms with E-state index in [0.717, 1.165) is 32.4 Å². The molecule has 0 atom stereocenters. The fourth-order valence-corrected chi connectivity index (χ4v) is 3.98. The molecule has 0 unspecified atom stereocenters. The van der Waals surface area contributed by atoms with Crippen LogP contribution in [0.1, 0.15) is 21.5 Å². The van der Waals surface area contributed by atoms with E-state index in [2.05, 4.69) is 0 Å². The first kappa shape index (κ1) is 22.5. The number of benzene rings is 4. The maximum atomic E-state index is 12.4. The Labute approximate surface area is 198 Å². The van der Waals surface area contributed by atoms with Gasteiger partial charge >= 0.3 is 5.97 Å². The van der Waals surface area contributed by atoms with Crippen molar-refractivity contribution in [1.82, 2.24) is 0 Å². The highest BCUT2D eigenvalue weighted by Crippen LogP contribution is 2.30. The third-order valence-corrected chi connectivity index (χ3v) is 5.91. The topological polar surface area (TPSA) is 44.8 Å². The van der Waals surface area contributed by atoms with Crippen LogP contribution < -0.4 is 9.47 Å². The zero-order valence-corrected chi connectivity index (χ0v) is 19.1. The van der Waals surface area contributed by atoms with Gasteiger partial charge in [-0.05, 0) is 65.7 Å². The molecular weight excluding hydrogens is 432 g/mol. The molecule has 0 radical (unpaired) electrons.